The van der Waals surface area contributed by atoms with Gasteiger partial charge in [0.1, 0.15) is 21.8 Å². The first-order valence-corrected chi connectivity index (χ1v) is 11.2. The van der Waals surface area contributed by atoms with Crippen molar-refractivity contribution in [2.24, 2.45) is 7.05 Å². The molecule has 7 nitrogen and oxygen atoms in total. The Morgan fingerprint density at radius 2 is 1.93 bits per heavy atom. The molecule has 0 aliphatic carbocycles. The summed E-state index contributed by atoms with van der Waals surface area (Å²) in [5.41, 5.74) is 1.02. The van der Waals surface area contributed by atoms with Gasteiger partial charge in [0.2, 0.25) is 0 Å². The third-order valence-corrected chi connectivity index (χ3v) is 6.66. The largest absolute Gasteiger partial charge is 0.372 e. The fraction of sp³-hybridized carbons (Fsp3) is 0.524. The van der Waals surface area contributed by atoms with Crippen LogP contribution in [-0.4, -0.2) is 51.5 Å². The van der Waals surface area contributed by atoms with Crippen LogP contribution in [0.25, 0.3) is 6.08 Å². The number of hydrogen-bond acceptors (Lipinski definition) is 7. The van der Waals surface area contributed by atoms with E-state index in [2.05, 4.69) is 4.90 Å². The second-order valence-corrected chi connectivity index (χ2v) is 9.38. The first kappa shape index (κ1) is 22.5. The summed E-state index contributed by atoms with van der Waals surface area (Å²) < 4.78 is 7.89. The Balaban J connectivity index is 2.20. The van der Waals surface area contributed by atoms with Crippen molar-refractivity contribution in [2.75, 3.05) is 24.5 Å². The van der Waals surface area contributed by atoms with Crippen LogP contribution in [0.2, 0.25) is 0 Å². The molecule has 0 N–H and O–H groups in total. The number of thioether (sulfide) groups is 1. The van der Waals surface area contributed by atoms with Crippen molar-refractivity contribution in [1.29, 1.82) is 5.26 Å². The zero-order valence-electron chi connectivity index (χ0n) is 17.9. The Hall–Kier alpha value is -2.15. The third kappa shape index (κ3) is 4.04. The molecule has 0 bridgehead atoms. The molecule has 160 valence electrons. The Morgan fingerprint density at radius 3 is 2.50 bits per heavy atom. The summed E-state index contributed by atoms with van der Waals surface area (Å²) in [6.07, 6.45) is 2.59. The second-order valence-electron chi connectivity index (χ2n) is 7.71. The highest BCUT2D eigenvalue weighted by atomic mass is 32.2. The maximum Gasteiger partial charge on any atom is 0.270 e. The van der Waals surface area contributed by atoms with E-state index in [1.54, 1.807) is 24.9 Å². The standard InChI is InChI=1S/C21H26N4O3S2/c1-6-7-25-20(27)17(30-21(25)29)8-15-14(4)16(9-22)19(26)23(5)18(15)24-10-12(2)28-13(3)11-24/h8,12-13H,6-7,10-11H2,1-5H3/b17-8+/t12-,13+. The van der Waals surface area contributed by atoms with E-state index < -0.39 is 0 Å². The number of anilines is 1. The van der Waals surface area contributed by atoms with Gasteiger partial charge in [0.05, 0.1) is 17.1 Å². The van der Waals surface area contributed by atoms with Crippen LogP contribution in [0, 0.1) is 18.3 Å². The Bertz CT molecular complexity index is 1010. The van der Waals surface area contributed by atoms with Gasteiger partial charge in [-0.05, 0) is 38.8 Å². The summed E-state index contributed by atoms with van der Waals surface area (Å²) in [5.74, 6) is 0.563. The minimum atomic E-state index is -0.340. The summed E-state index contributed by atoms with van der Waals surface area (Å²) in [5, 5.41) is 9.58. The van der Waals surface area contributed by atoms with Crippen LogP contribution < -0.4 is 10.5 Å². The summed E-state index contributed by atoms with van der Waals surface area (Å²) >= 11 is 6.65. The highest BCUT2D eigenvalue weighted by molar-refractivity contribution is 8.26. The van der Waals surface area contributed by atoms with Gasteiger partial charge in [-0.25, -0.2) is 0 Å². The number of morpholine rings is 1. The first-order chi connectivity index (χ1) is 14.2. The summed E-state index contributed by atoms with van der Waals surface area (Å²) in [7, 11) is 1.67. The number of nitrogens with zero attached hydrogens (tertiary/aromatic N) is 4. The van der Waals surface area contributed by atoms with Crippen LogP contribution >= 0.6 is 24.0 Å². The predicted octanol–water partition coefficient (Wildman–Crippen LogP) is 2.79. The molecule has 1 aromatic rings. The summed E-state index contributed by atoms with van der Waals surface area (Å²) in [6.45, 7) is 9.54. The molecule has 9 heteroatoms. The number of carbonyl (C=O) groups excluding carboxylic acids is 1. The van der Waals surface area contributed by atoms with E-state index in [1.165, 1.54) is 16.3 Å². The monoisotopic (exact) mass is 446 g/mol. The van der Waals surface area contributed by atoms with Gasteiger partial charge in [-0.2, -0.15) is 5.26 Å². The summed E-state index contributed by atoms with van der Waals surface area (Å²) in [6, 6.07) is 2.03. The number of nitriles is 1. The molecule has 2 aliphatic heterocycles. The molecule has 3 heterocycles. The molecule has 2 atom stereocenters. The van der Waals surface area contributed by atoms with Crippen molar-refractivity contribution in [3.8, 4) is 6.07 Å². The van der Waals surface area contributed by atoms with Crippen LogP contribution in [0.5, 0.6) is 0 Å². The van der Waals surface area contributed by atoms with E-state index in [-0.39, 0.29) is 29.2 Å². The Morgan fingerprint density at radius 1 is 1.30 bits per heavy atom. The van der Waals surface area contributed by atoms with Crippen molar-refractivity contribution in [1.82, 2.24) is 9.47 Å². The van der Waals surface area contributed by atoms with Crippen molar-refractivity contribution in [3.63, 3.8) is 0 Å². The molecule has 2 fully saturated rings. The lowest BCUT2D eigenvalue weighted by molar-refractivity contribution is -0.122. The van der Waals surface area contributed by atoms with Crippen LogP contribution in [0.15, 0.2) is 9.70 Å². The molecule has 0 radical (unpaired) electrons. The quantitative estimate of drug-likeness (QED) is 0.520. The van der Waals surface area contributed by atoms with Crippen LogP contribution in [0.3, 0.4) is 0 Å². The van der Waals surface area contributed by atoms with Crippen molar-refractivity contribution >= 4 is 46.1 Å². The van der Waals surface area contributed by atoms with Gasteiger partial charge >= 0.3 is 0 Å². The highest BCUT2D eigenvalue weighted by Crippen LogP contribution is 2.36. The molecule has 0 unspecified atom stereocenters. The zero-order valence-corrected chi connectivity index (χ0v) is 19.5. The molecule has 30 heavy (non-hydrogen) atoms. The topological polar surface area (TPSA) is 78.6 Å². The van der Waals surface area contributed by atoms with Crippen molar-refractivity contribution < 1.29 is 9.53 Å². The molecule has 2 aliphatic rings. The van der Waals surface area contributed by atoms with Crippen LogP contribution in [-0.2, 0) is 16.6 Å². The number of hydrogen-bond donors (Lipinski definition) is 0. The van der Waals surface area contributed by atoms with Crippen molar-refractivity contribution in [2.45, 2.75) is 46.3 Å². The molecular formula is C21H26N4O3S2. The second kappa shape index (κ2) is 8.92. The maximum absolute atomic E-state index is 12.9. The predicted molar refractivity (Wildman–Crippen MR) is 124 cm³/mol. The lowest BCUT2D eigenvalue weighted by atomic mass is 10.0. The lowest BCUT2D eigenvalue weighted by Gasteiger charge is -2.38. The number of thiocarbonyl (C=S) groups is 1. The van der Waals surface area contributed by atoms with Gasteiger partial charge in [-0.3, -0.25) is 19.1 Å². The number of amides is 1. The average molecular weight is 447 g/mol. The van der Waals surface area contributed by atoms with E-state index in [0.29, 0.717) is 45.8 Å². The fourth-order valence-electron chi connectivity index (χ4n) is 3.99. The number of carbonyl (C=O) groups is 1. The number of ether oxygens (including phenoxy) is 1. The van der Waals surface area contributed by atoms with E-state index in [4.69, 9.17) is 17.0 Å². The van der Waals surface area contributed by atoms with E-state index >= 15 is 0 Å². The average Bonchev–Trinajstić information content (AvgIpc) is 2.93. The molecule has 0 spiro atoms. The van der Waals surface area contributed by atoms with Gasteiger partial charge in [0, 0.05) is 32.2 Å². The first-order valence-electron chi connectivity index (χ1n) is 9.99. The van der Waals surface area contributed by atoms with E-state index in [9.17, 15) is 14.9 Å². The zero-order chi connectivity index (χ0) is 22.2. The van der Waals surface area contributed by atoms with Crippen molar-refractivity contribution in [3.05, 3.63) is 31.9 Å². The lowest BCUT2D eigenvalue weighted by Crippen LogP contribution is -2.47. The molecule has 2 saturated heterocycles. The van der Waals surface area contributed by atoms with E-state index in [0.717, 1.165) is 6.42 Å². The molecule has 1 aromatic heterocycles. The number of rotatable bonds is 4. The maximum atomic E-state index is 12.9. The molecular weight excluding hydrogens is 420 g/mol. The van der Waals surface area contributed by atoms with Gasteiger partial charge in [0.15, 0.2) is 0 Å². The Labute approximate surface area is 186 Å². The minimum Gasteiger partial charge on any atom is -0.372 e. The fourth-order valence-corrected chi connectivity index (χ4v) is 5.28. The highest BCUT2D eigenvalue weighted by Gasteiger charge is 2.33. The SMILES string of the molecule is CCCN1C(=O)/C(=C\c2c(C)c(C#N)c(=O)n(C)c2N2C[C@@H](C)O[C@@H](C)C2)SC1=S. The molecule has 1 amide bonds. The molecule has 3 rings (SSSR count). The number of aromatic nitrogens is 1. The molecule has 0 saturated carbocycles. The van der Waals surface area contributed by atoms with Gasteiger partial charge in [-0.15, -0.1) is 0 Å². The van der Waals surface area contributed by atoms with Crippen LogP contribution in [0.1, 0.15) is 43.9 Å². The summed E-state index contributed by atoms with van der Waals surface area (Å²) in [4.78, 5) is 30.0. The minimum absolute atomic E-state index is 0.00424. The van der Waals surface area contributed by atoms with Gasteiger partial charge < -0.3 is 9.64 Å². The Kier molecular flexibility index (Phi) is 6.70. The third-order valence-electron chi connectivity index (χ3n) is 5.28. The van der Waals surface area contributed by atoms with E-state index in [1.807, 2.05) is 26.8 Å². The molecule has 0 aromatic carbocycles. The van der Waals surface area contributed by atoms with Gasteiger partial charge in [0.25, 0.3) is 11.5 Å². The smallest absolute Gasteiger partial charge is 0.270 e. The van der Waals surface area contributed by atoms with Gasteiger partial charge in [-0.1, -0.05) is 30.9 Å². The normalized spacial score (nSPS) is 23.4. The number of pyridine rings is 1. The van der Waals surface area contributed by atoms with Crippen LogP contribution in [0.4, 0.5) is 5.82 Å².